The Morgan fingerprint density at radius 3 is 2.70 bits per heavy atom. The minimum atomic E-state index is 0.775. The first-order valence-electron chi connectivity index (χ1n) is 9.27. The molecular weight excluding hydrogens is 356 g/mol. The molecule has 0 saturated heterocycles. The van der Waals surface area contributed by atoms with Crippen LogP contribution in [0.5, 0.6) is 0 Å². The molecule has 0 radical (unpaired) electrons. The summed E-state index contributed by atoms with van der Waals surface area (Å²) < 4.78 is 4.43. The number of fused-ring (bicyclic) bond motifs is 1. The first kappa shape index (κ1) is 17.8. The Bertz CT molecular complexity index is 987. The fourth-order valence-corrected chi connectivity index (χ4v) is 3.54. The van der Waals surface area contributed by atoms with Crippen molar-refractivity contribution < 1.29 is 0 Å². The Morgan fingerprint density at radius 1 is 1.04 bits per heavy atom. The van der Waals surface area contributed by atoms with Crippen molar-refractivity contribution in [2.24, 2.45) is 0 Å². The molecule has 4 rings (SSSR count). The third-order valence-electron chi connectivity index (χ3n) is 4.78. The molecule has 0 bridgehead atoms. The van der Waals surface area contributed by atoms with Crippen molar-refractivity contribution in [1.82, 2.24) is 19.4 Å². The third kappa shape index (κ3) is 4.41. The standard InChI is InChI=1S/C22H23ClN4/c23-20-8-6-18(7-9-20)15-27-16-19(21-4-1-2-5-22(21)27)14-24-10-3-12-26-13-11-25-17-26/h1-2,4-9,11,13,16-17,24H,3,10,12,14-15H2. The molecular formula is C22H23ClN4. The number of aromatic nitrogens is 3. The van der Waals surface area contributed by atoms with Gasteiger partial charge in [-0.25, -0.2) is 4.98 Å². The van der Waals surface area contributed by atoms with E-state index in [9.17, 15) is 0 Å². The predicted octanol–water partition coefficient (Wildman–Crippen LogP) is 4.72. The van der Waals surface area contributed by atoms with Crippen LogP contribution < -0.4 is 5.32 Å². The van der Waals surface area contributed by atoms with Crippen LogP contribution in [0.2, 0.25) is 5.02 Å². The second-order valence-electron chi connectivity index (χ2n) is 6.76. The van der Waals surface area contributed by atoms with Crippen LogP contribution in [0.15, 0.2) is 73.4 Å². The minimum Gasteiger partial charge on any atom is -0.343 e. The van der Waals surface area contributed by atoms with Gasteiger partial charge >= 0.3 is 0 Å². The molecule has 0 spiro atoms. The van der Waals surface area contributed by atoms with E-state index < -0.39 is 0 Å². The monoisotopic (exact) mass is 378 g/mol. The van der Waals surface area contributed by atoms with Gasteiger partial charge in [-0.15, -0.1) is 0 Å². The zero-order valence-corrected chi connectivity index (χ0v) is 15.9. The van der Waals surface area contributed by atoms with Crippen molar-refractivity contribution in [3.63, 3.8) is 0 Å². The summed E-state index contributed by atoms with van der Waals surface area (Å²) in [7, 11) is 0. The molecule has 0 aliphatic heterocycles. The van der Waals surface area contributed by atoms with E-state index in [0.29, 0.717) is 0 Å². The summed E-state index contributed by atoms with van der Waals surface area (Å²) in [5.41, 5.74) is 3.85. The summed E-state index contributed by atoms with van der Waals surface area (Å²) in [4.78, 5) is 4.08. The van der Waals surface area contributed by atoms with Gasteiger partial charge in [0.1, 0.15) is 0 Å². The van der Waals surface area contributed by atoms with Gasteiger partial charge in [0.25, 0.3) is 0 Å². The van der Waals surface area contributed by atoms with E-state index >= 15 is 0 Å². The van der Waals surface area contributed by atoms with Gasteiger partial charge in [-0.2, -0.15) is 0 Å². The van der Waals surface area contributed by atoms with E-state index in [4.69, 9.17) is 11.6 Å². The predicted molar refractivity (Wildman–Crippen MR) is 111 cm³/mol. The average molecular weight is 379 g/mol. The van der Waals surface area contributed by atoms with Crippen LogP contribution in [-0.4, -0.2) is 20.7 Å². The molecule has 4 aromatic rings. The lowest BCUT2D eigenvalue weighted by atomic mass is 10.2. The van der Waals surface area contributed by atoms with Gasteiger partial charge in [-0.1, -0.05) is 41.9 Å². The van der Waals surface area contributed by atoms with E-state index in [-0.39, 0.29) is 0 Å². The number of nitrogens with one attached hydrogen (secondary N) is 1. The number of para-hydroxylation sites is 1. The highest BCUT2D eigenvalue weighted by molar-refractivity contribution is 6.30. The normalized spacial score (nSPS) is 11.3. The Labute approximate surface area is 164 Å². The summed E-state index contributed by atoms with van der Waals surface area (Å²) in [6.07, 6.45) is 9.04. The van der Waals surface area contributed by atoms with Gasteiger partial charge in [0.15, 0.2) is 0 Å². The van der Waals surface area contributed by atoms with Crippen LogP contribution in [0.1, 0.15) is 17.5 Å². The molecule has 0 aliphatic rings. The van der Waals surface area contributed by atoms with Crippen molar-refractivity contribution in [2.45, 2.75) is 26.1 Å². The second kappa shape index (κ2) is 8.42. The highest BCUT2D eigenvalue weighted by atomic mass is 35.5. The zero-order valence-electron chi connectivity index (χ0n) is 15.2. The van der Waals surface area contributed by atoms with Gasteiger partial charge < -0.3 is 14.5 Å². The summed E-state index contributed by atoms with van der Waals surface area (Å²) in [5, 5.41) is 5.66. The molecule has 138 valence electrons. The van der Waals surface area contributed by atoms with Gasteiger partial charge in [-0.05, 0) is 42.3 Å². The maximum atomic E-state index is 6.01. The molecule has 27 heavy (non-hydrogen) atoms. The third-order valence-corrected chi connectivity index (χ3v) is 5.03. The maximum absolute atomic E-state index is 6.01. The van der Waals surface area contributed by atoms with E-state index in [0.717, 1.165) is 37.6 Å². The maximum Gasteiger partial charge on any atom is 0.0945 e. The molecule has 5 heteroatoms. The quantitative estimate of drug-likeness (QED) is 0.450. The molecule has 2 aromatic heterocycles. The molecule has 4 nitrogen and oxygen atoms in total. The number of hydrogen-bond acceptors (Lipinski definition) is 2. The van der Waals surface area contributed by atoms with Crippen LogP contribution in [0.3, 0.4) is 0 Å². The number of imidazole rings is 1. The van der Waals surface area contributed by atoms with Gasteiger partial charge in [-0.3, -0.25) is 0 Å². The number of nitrogens with zero attached hydrogens (tertiary/aromatic N) is 3. The van der Waals surface area contributed by atoms with E-state index in [1.165, 1.54) is 22.0 Å². The largest absolute Gasteiger partial charge is 0.343 e. The molecule has 0 unspecified atom stereocenters. The first-order chi connectivity index (χ1) is 13.3. The lowest BCUT2D eigenvalue weighted by Gasteiger charge is -2.06. The van der Waals surface area contributed by atoms with Crippen molar-refractivity contribution in [3.05, 3.63) is 89.6 Å². The van der Waals surface area contributed by atoms with Crippen LogP contribution in [0, 0.1) is 0 Å². The number of benzene rings is 2. The molecule has 0 amide bonds. The van der Waals surface area contributed by atoms with E-state index in [1.54, 1.807) is 0 Å². The van der Waals surface area contributed by atoms with Gasteiger partial charge in [0.2, 0.25) is 0 Å². The van der Waals surface area contributed by atoms with Crippen molar-refractivity contribution in [3.8, 4) is 0 Å². The van der Waals surface area contributed by atoms with Crippen LogP contribution >= 0.6 is 11.6 Å². The van der Waals surface area contributed by atoms with Gasteiger partial charge in [0, 0.05) is 54.2 Å². The molecule has 0 atom stereocenters. The number of aryl methyl sites for hydroxylation is 1. The smallest absolute Gasteiger partial charge is 0.0945 e. The van der Waals surface area contributed by atoms with Crippen LogP contribution in [0.25, 0.3) is 10.9 Å². The van der Waals surface area contributed by atoms with Crippen molar-refractivity contribution in [1.29, 1.82) is 0 Å². The molecule has 1 N–H and O–H groups in total. The number of halogens is 1. The Hall–Kier alpha value is -2.56. The Balaban J connectivity index is 1.42. The lowest BCUT2D eigenvalue weighted by molar-refractivity contribution is 0.581. The SMILES string of the molecule is Clc1ccc(Cn2cc(CNCCCn3ccnc3)c3ccccc32)cc1. The fourth-order valence-electron chi connectivity index (χ4n) is 3.41. The molecule has 0 aliphatic carbocycles. The van der Waals surface area contributed by atoms with Gasteiger partial charge in [0.05, 0.1) is 6.33 Å². The molecule has 0 fully saturated rings. The lowest BCUT2D eigenvalue weighted by Crippen LogP contribution is -2.16. The Kier molecular flexibility index (Phi) is 5.56. The highest BCUT2D eigenvalue weighted by Gasteiger charge is 2.08. The van der Waals surface area contributed by atoms with Crippen molar-refractivity contribution in [2.75, 3.05) is 6.54 Å². The topological polar surface area (TPSA) is 34.8 Å². The second-order valence-corrected chi connectivity index (χ2v) is 7.19. The average Bonchev–Trinajstić information content (AvgIpc) is 3.32. The van der Waals surface area contributed by atoms with Crippen molar-refractivity contribution >= 4 is 22.5 Å². The zero-order chi connectivity index (χ0) is 18.5. The first-order valence-corrected chi connectivity index (χ1v) is 9.65. The highest BCUT2D eigenvalue weighted by Crippen LogP contribution is 2.23. The number of hydrogen-bond donors (Lipinski definition) is 1. The minimum absolute atomic E-state index is 0.775. The van der Waals surface area contributed by atoms with Crippen LogP contribution in [-0.2, 0) is 19.6 Å². The molecule has 0 saturated carbocycles. The fraction of sp³-hybridized carbons (Fsp3) is 0.227. The van der Waals surface area contributed by atoms with Crippen LogP contribution in [0.4, 0.5) is 0 Å². The summed E-state index contributed by atoms with van der Waals surface area (Å²) in [6.45, 7) is 3.69. The molecule has 2 heterocycles. The summed E-state index contributed by atoms with van der Waals surface area (Å²) >= 11 is 6.01. The summed E-state index contributed by atoms with van der Waals surface area (Å²) in [6, 6.07) is 16.7. The summed E-state index contributed by atoms with van der Waals surface area (Å²) in [5.74, 6) is 0. The molecule has 2 aromatic carbocycles. The van der Waals surface area contributed by atoms with E-state index in [1.807, 2.05) is 30.9 Å². The number of rotatable bonds is 8. The Morgan fingerprint density at radius 2 is 1.89 bits per heavy atom. The van der Waals surface area contributed by atoms with E-state index in [2.05, 4.69) is 62.0 Å².